The number of hydrogen-bond donors (Lipinski definition) is 1. The van der Waals surface area contributed by atoms with Crippen LogP contribution in [0.2, 0.25) is 0 Å². The predicted octanol–water partition coefficient (Wildman–Crippen LogP) is 4.95. The number of carbonyl (C=O) groups excluding carboxylic acids is 2. The summed E-state index contributed by atoms with van der Waals surface area (Å²) in [5, 5.41) is 5.17. The molecule has 0 aliphatic heterocycles. The number of hydrogen-bond acceptors (Lipinski definition) is 6. The van der Waals surface area contributed by atoms with Crippen LogP contribution in [-0.4, -0.2) is 28.0 Å². The summed E-state index contributed by atoms with van der Waals surface area (Å²) >= 11 is 1.40. The molecule has 0 radical (unpaired) electrons. The van der Waals surface area contributed by atoms with E-state index in [9.17, 15) is 14.4 Å². The molecule has 2 aromatic carbocycles. The van der Waals surface area contributed by atoms with Crippen molar-refractivity contribution in [3.63, 3.8) is 0 Å². The molecule has 7 nitrogen and oxygen atoms in total. The highest BCUT2D eigenvalue weighted by Gasteiger charge is 2.16. The molecule has 0 bridgehead atoms. The maximum Gasteiger partial charge on any atom is 0.338 e. The van der Waals surface area contributed by atoms with Crippen LogP contribution in [0.4, 0.5) is 5.69 Å². The molecule has 8 heteroatoms. The number of aryl methyl sites for hydroxylation is 2. The van der Waals surface area contributed by atoms with Crippen LogP contribution in [0.5, 0.6) is 0 Å². The van der Waals surface area contributed by atoms with Crippen molar-refractivity contribution in [3.8, 4) is 11.1 Å². The van der Waals surface area contributed by atoms with E-state index in [1.807, 2.05) is 38.3 Å². The number of ether oxygens (including phenoxy) is 1. The molecule has 0 fully saturated rings. The van der Waals surface area contributed by atoms with E-state index in [1.165, 1.54) is 27.8 Å². The minimum absolute atomic E-state index is 0.200. The maximum atomic E-state index is 13.3. The van der Waals surface area contributed by atoms with Crippen LogP contribution in [0.15, 0.2) is 59.0 Å². The second kappa shape index (κ2) is 10.0. The van der Waals surface area contributed by atoms with Crippen molar-refractivity contribution in [1.82, 2.24) is 9.55 Å². The number of anilines is 1. The normalized spacial score (nSPS) is 10.9. The number of nitrogens with zero attached hydrogens (tertiary/aromatic N) is 2. The topological polar surface area (TPSA) is 90.3 Å². The first-order valence-electron chi connectivity index (χ1n) is 11.0. The van der Waals surface area contributed by atoms with Gasteiger partial charge >= 0.3 is 5.97 Å². The van der Waals surface area contributed by atoms with Crippen LogP contribution in [0.25, 0.3) is 21.3 Å². The Bertz CT molecular complexity index is 1440. The molecule has 0 saturated heterocycles. The molecule has 2 heterocycles. The summed E-state index contributed by atoms with van der Waals surface area (Å²) in [4.78, 5) is 43.0. The zero-order chi connectivity index (χ0) is 24.2. The van der Waals surface area contributed by atoms with Crippen molar-refractivity contribution >= 4 is 39.1 Å². The molecule has 2 aromatic heterocycles. The van der Waals surface area contributed by atoms with Gasteiger partial charge in [-0.15, -0.1) is 11.3 Å². The van der Waals surface area contributed by atoms with Crippen molar-refractivity contribution in [1.29, 1.82) is 0 Å². The summed E-state index contributed by atoms with van der Waals surface area (Å²) < 4.78 is 6.44. The largest absolute Gasteiger partial charge is 0.462 e. The predicted molar refractivity (Wildman–Crippen MR) is 134 cm³/mol. The number of rotatable bonds is 7. The van der Waals surface area contributed by atoms with E-state index in [0.29, 0.717) is 28.1 Å². The number of nitrogens with one attached hydrogen (secondary N) is 1. The van der Waals surface area contributed by atoms with Crippen molar-refractivity contribution in [2.45, 2.75) is 33.7 Å². The van der Waals surface area contributed by atoms with Crippen molar-refractivity contribution < 1.29 is 14.3 Å². The van der Waals surface area contributed by atoms with Crippen LogP contribution < -0.4 is 10.9 Å². The fourth-order valence-electron chi connectivity index (χ4n) is 3.56. The van der Waals surface area contributed by atoms with Gasteiger partial charge in [-0.05, 0) is 55.2 Å². The Hall–Kier alpha value is -3.78. The first-order valence-corrected chi connectivity index (χ1v) is 11.9. The molecule has 4 rings (SSSR count). The number of fused-ring (bicyclic) bond motifs is 1. The summed E-state index contributed by atoms with van der Waals surface area (Å²) in [6.45, 7) is 6.13. The lowest BCUT2D eigenvalue weighted by atomic mass is 10.0. The average Bonchev–Trinajstić information content (AvgIpc) is 3.26. The first-order chi connectivity index (χ1) is 16.4. The van der Waals surface area contributed by atoms with Gasteiger partial charge < -0.3 is 10.1 Å². The average molecular weight is 476 g/mol. The lowest BCUT2D eigenvalue weighted by molar-refractivity contribution is -0.116. The number of carbonyl (C=O) groups is 2. The fraction of sp³-hybridized carbons (Fsp3) is 0.231. The van der Waals surface area contributed by atoms with Gasteiger partial charge in [-0.1, -0.05) is 31.2 Å². The molecule has 1 amide bonds. The third kappa shape index (κ3) is 4.92. The fourth-order valence-corrected chi connectivity index (χ4v) is 4.47. The number of esters is 1. The van der Waals surface area contributed by atoms with Gasteiger partial charge in [-0.3, -0.25) is 14.2 Å². The molecule has 1 N–H and O–H groups in total. The van der Waals surface area contributed by atoms with Gasteiger partial charge in [-0.2, -0.15) is 0 Å². The van der Waals surface area contributed by atoms with Crippen molar-refractivity contribution in [2.24, 2.45) is 0 Å². The number of benzene rings is 2. The van der Waals surface area contributed by atoms with Gasteiger partial charge in [0.2, 0.25) is 5.91 Å². The first kappa shape index (κ1) is 23.4. The molecule has 174 valence electrons. The van der Waals surface area contributed by atoms with E-state index in [0.717, 1.165) is 23.1 Å². The van der Waals surface area contributed by atoms with Crippen LogP contribution >= 0.6 is 11.3 Å². The van der Waals surface area contributed by atoms with Crippen LogP contribution in [0.1, 0.15) is 34.8 Å². The van der Waals surface area contributed by atoms with E-state index in [-0.39, 0.29) is 12.1 Å². The smallest absolute Gasteiger partial charge is 0.338 e. The van der Waals surface area contributed by atoms with Gasteiger partial charge in [0, 0.05) is 16.6 Å². The number of aromatic nitrogens is 2. The maximum absolute atomic E-state index is 13.3. The molecular weight excluding hydrogens is 450 g/mol. The van der Waals surface area contributed by atoms with Crippen LogP contribution in [0.3, 0.4) is 0 Å². The Kier molecular flexibility index (Phi) is 6.88. The third-order valence-electron chi connectivity index (χ3n) is 5.51. The van der Waals surface area contributed by atoms with Gasteiger partial charge in [-0.25, -0.2) is 9.78 Å². The minimum Gasteiger partial charge on any atom is -0.462 e. The molecule has 0 spiro atoms. The Balaban J connectivity index is 1.56. The minimum atomic E-state index is -0.444. The van der Waals surface area contributed by atoms with Gasteiger partial charge in [0.15, 0.2) is 0 Å². The van der Waals surface area contributed by atoms with Crippen molar-refractivity contribution in [3.05, 3.63) is 81.2 Å². The second-order valence-corrected chi connectivity index (χ2v) is 8.93. The monoisotopic (exact) mass is 475 g/mol. The van der Waals surface area contributed by atoms with Crippen LogP contribution in [0, 0.1) is 13.8 Å². The number of amides is 1. The third-order valence-corrected chi connectivity index (χ3v) is 6.40. The second-order valence-electron chi connectivity index (χ2n) is 8.07. The highest BCUT2D eigenvalue weighted by atomic mass is 32.1. The molecule has 0 aliphatic rings. The zero-order valence-corrected chi connectivity index (χ0v) is 20.1. The number of thiophene rings is 1. The highest BCUT2D eigenvalue weighted by molar-refractivity contribution is 7.17. The lowest BCUT2D eigenvalue weighted by Gasteiger charge is -2.09. The summed E-state index contributed by atoms with van der Waals surface area (Å²) in [5.74, 6) is -0.842. The molecule has 0 unspecified atom stereocenters. The Morgan fingerprint density at radius 3 is 2.71 bits per heavy atom. The van der Waals surface area contributed by atoms with Crippen molar-refractivity contribution in [2.75, 3.05) is 11.9 Å². The Labute approximate surface area is 201 Å². The van der Waals surface area contributed by atoms with Gasteiger partial charge in [0.05, 0.1) is 23.9 Å². The standard InChI is InChI=1S/C26H25N3O4S/c1-4-10-33-26(32)19-6-5-7-20(12-19)28-22(30)13-29-15-27-24-23(25(29)31)21(14-34-24)18-9-8-16(2)17(3)11-18/h5-9,11-12,14-15H,4,10,13H2,1-3H3,(H,28,30). The summed E-state index contributed by atoms with van der Waals surface area (Å²) in [6.07, 6.45) is 2.12. The van der Waals surface area contributed by atoms with Gasteiger partial charge in [0.25, 0.3) is 5.56 Å². The highest BCUT2D eigenvalue weighted by Crippen LogP contribution is 2.31. The van der Waals surface area contributed by atoms with E-state index in [4.69, 9.17) is 4.74 Å². The Morgan fingerprint density at radius 2 is 1.94 bits per heavy atom. The molecule has 0 aliphatic carbocycles. The van der Waals surface area contributed by atoms with Crippen LogP contribution in [-0.2, 0) is 16.1 Å². The van der Waals surface area contributed by atoms with E-state index < -0.39 is 11.9 Å². The van der Waals surface area contributed by atoms with Gasteiger partial charge in [0.1, 0.15) is 11.4 Å². The summed E-state index contributed by atoms with van der Waals surface area (Å²) in [5.41, 5.74) is 4.61. The molecule has 0 saturated carbocycles. The summed E-state index contributed by atoms with van der Waals surface area (Å²) in [7, 11) is 0. The molecule has 34 heavy (non-hydrogen) atoms. The Morgan fingerprint density at radius 1 is 1.12 bits per heavy atom. The molecule has 4 aromatic rings. The molecular formula is C26H25N3O4S. The summed E-state index contributed by atoms with van der Waals surface area (Å²) in [6, 6.07) is 12.6. The lowest BCUT2D eigenvalue weighted by Crippen LogP contribution is -2.27. The van der Waals surface area contributed by atoms with E-state index in [2.05, 4.69) is 16.4 Å². The molecule has 0 atom stereocenters. The quantitative estimate of drug-likeness (QED) is 0.382. The SMILES string of the molecule is CCCOC(=O)c1cccc(NC(=O)Cn2cnc3scc(-c4ccc(C)c(C)c4)c3c2=O)c1. The van der Waals surface area contributed by atoms with E-state index in [1.54, 1.807) is 24.3 Å². The zero-order valence-electron chi connectivity index (χ0n) is 19.3. The van der Waals surface area contributed by atoms with E-state index >= 15 is 0 Å².